The van der Waals surface area contributed by atoms with Crippen molar-refractivity contribution >= 4 is 7.26 Å². The minimum atomic E-state index is -0.763. The lowest BCUT2D eigenvalue weighted by Crippen LogP contribution is -2.13. The predicted octanol–water partition coefficient (Wildman–Crippen LogP) is 16.0. The first kappa shape index (κ1) is 42.4. The van der Waals surface area contributed by atoms with Crippen LogP contribution in [0.1, 0.15) is 240 Å². The van der Waals surface area contributed by atoms with E-state index in [9.17, 15) is 0 Å². The van der Waals surface area contributed by atoms with Crippen LogP contribution in [0.2, 0.25) is 0 Å². The summed E-state index contributed by atoms with van der Waals surface area (Å²) in [5, 5.41) is 0. The van der Waals surface area contributed by atoms with E-state index in [4.69, 9.17) is 0 Å². The monoisotopic (exact) mass is 610 g/mol. The quantitative estimate of drug-likeness (QED) is 0.0485. The molecule has 0 saturated carbocycles. The van der Waals surface area contributed by atoms with Gasteiger partial charge in [0.15, 0.2) is 0 Å². The van der Waals surface area contributed by atoms with Crippen molar-refractivity contribution in [2.24, 2.45) is 0 Å². The van der Waals surface area contributed by atoms with Crippen LogP contribution in [-0.4, -0.2) is 24.6 Å². The van der Waals surface area contributed by atoms with Gasteiger partial charge in [-0.1, -0.05) is 188 Å². The normalized spacial score (nSPS) is 12.0. The molecule has 0 heterocycles. The molecule has 42 heavy (non-hydrogen) atoms. The van der Waals surface area contributed by atoms with Gasteiger partial charge in [0.2, 0.25) is 0 Å². The largest absolute Gasteiger partial charge is 0.0654 e. The second-order valence-electron chi connectivity index (χ2n) is 14.5. The summed E-state index contributed by atoms with van der Waals surface area (Å²) < 4.78 is 0. The Hall–Kier alpha value is 0.430. The Kier molecular flexibility index (Phi) is 36.3. The molecule has 0 unspecified atom stereocenters. The molecule has 0 spiro atoms. The molecule has 0 atom stereocenters. The average Bonchev–Trinajstić information content (AvgIpc) is 3.00. The van der Waals surface area contributed by atoms with Gasteiger partial charge >= 0.3 is 0 Å². The van der Waals surface area contributed by atoms with Crippen LogP contribution in [0.15, 0.2) is 0 Å². The molecule has 0 bridgehead atoms. The van der Waals surface area contributed by atoms with E-state index >= 15 is 0 Å². The van der Waals surface area contributed by atoms with Crippen LogP contribution in [0.25, 0.3) is 0 Å². The zero-order valence-corrected chi connectivity index (χ0v) is 31.5. The second-order valence-corrected chi connectivity index (χ2v) is 19.0. The molecule has 0 nitrogen and oxygen atoms in total. The van der Waals surface area contributed by atoms with Crippen molar-refractivity contribution in [3.8, 4) is 0 Å². The summed E-state index contributed by atoms with van der Waals surface area (Å²) in [6.07, 6.45) is 55.7. The highest BCUT2D eigenvalue weighted by atomic mass is 31.2. The maximum Gasteiger partial charge on any atom is 0.0594 e. The van der Waals surface area contributed by atoms with Crippen molar-refractivity contribution < 1.29 is 0 Å². The average molecular weight is 610 g/mol. The highest BCUT2D eigenvalue weighted by Crippen LogP contribution is 2.61. The van der Waals surface area contributed by atoms with Crippen molar-refractivity contribution in [1.29, 1.82) is 0 Å². The molecule has 0 amide bonds. The molecule has 0 N–H and O–H groups in total. The zero-order chi connectivity index (χ0) is 30.7. The Morgan fingerprint density at radius 2 is 0.333 bits per heavy atom. The minimum Gasteiger partial charge on any atom is -0.0654 e. The maximum absolute atomic E-state index is 2.36. The first-order valence-electron chi connectivity index (χ1n) is 20.6. The first-order valence-corrected chi connectivity index (χ1v) is 23.1. The molecule has 0 aliphatic heterocycles. The summed E-state index contributed by atoms with van der Waals surface area (Å²) in [5.74, 6) is 0. The Morgan fingerprint density at radius 1 is 0.190 bits per heavy atom. The first-order chi connectivity index (χ1) is 20.7. The third-order valence-corrected chi connectivity index (χ3v) is 15.3. The van der Waals surface area contributed by atoms with Gasteiger partial charge in [-0.2, -0.15) is 0 Å². The van der Waals surface area contributed by atoms with E-state index in [0.29, 0.717) is 0 Å². The number of hydrogen-bond acceptors (Lipinski definition) is 0. The lowest BCUT2D eigenvalue weighted by Gasteiger charge is -2.28. The van der Waals surface area contributed by atoms with Gasteiger partial charge in [0, 0.05) is 7.26 Å². The van der Waals surface area contributed by atoms with Crippen molar-refractivity contribution in [2.75, 3.05) is 24.6 Å². The van der Waals surface area contributed by atoms with Crippen molar-refractivity contribution in [3.05, 3.63) is 0 Å². The number of hydrogen-bond donors (Lipinski definition) is 0. The van der Waals surface area contributed by atoms with E-state index in [-0.39, 0.29) is 0 Å². The second kappa shape index (κ2) is 35.9. The van der Waals surface area contributed by atoms with E-state index in [1.54, 1.807) is 50.3 Å². The van der Waals surface area contributed by atoms with Gasteiger partial charge in [-0.05, 0) is 51.4 Å². The number of unbranched alkanes of at least 4 members (excludes halogenated alkanes) is 29. The van der Waals surface area contributed by atoms with Crippen molar-refractivity contribution in [1.82, 2.24) is 0 Å². The Labute approximate surface area is 270 Å². The molecule has 0 aromatic heterocycles. The van der Waals surface area contributed by atoms with E-state index in [0.717, 1.165) is 0 Å². The van der Waals surface area contributed by atoms with Crippen molar-refractivity contribution in [2.45, 2.75) is 240 Å². The predicted molar refractivity (Wildman–Crippen MR) is 201 cm³/mol. The van der Waals surface area contributed by atoms with Crippen LogP contribution < -0.4 is 0 Å². The van der Waals surface area contributed by atoms with Crippen LogP contribution in [-0.2, 0) is 0 Å². The molecule has 0 radical (unpaired) electrons. The lowest BCUT2D eigenvalue weighted by molar-refractivity contribution is 0.568. The molecular weight excluding hydrogens is 523 g/mol. The standard InChI is InChI=1S/C41H86P/c1-5-9-13-17-21-24-27-31-35-39-42(38-34-30-20-16-12-8-4,40-36-32-28-25-22-18-14-10-6-2)41-37-33-29-26-23-19-15-11-7-3/h5-41H2,1-4H3/q+1. The summed E-state index contributed by atoms with van der Waals surface area (Å²) >= 11 is 0. The molecule has 1 heteroatoms. The fourth-order valence-corrected chi connectivity index (χ4v) is 12.1. The van der Waals surface area contributed by atoms with Gasteiger partial charge in [0.05, 0.1) is 24.6 Å². The van der Waals surface area contributed by atoms with Gasteiger partial charge in [-0.25, -0.2) is 0 Å². The molecule has 0 saturated heterocycles. The summed E-state index contributed by atoms with van der Waals surface area (Å²) in [6, 6.07) is 0. The summed E-state index contributed by atoms with van der Waals surface area (Å²) in [4.78, 5) is 0. The van der Waals surface area contributed by atoms with Gasteiger partial charge in [-0.3, -0.25) is 0 Å². The summed E-state index contributed by atoms with van der Waals surface area (Å²) in [7, 11) is -0.763. The minimum absolute atomic E-state index is 0.763. The van der Waals surface area contributed by atoms with Crippen LogP contribution in [0.3, 0.4) is 0 Å². The molecular formula is C41H86P+. The van der Waals surface area contributed by atoms with Crippen molar-refractivity contribution in [3.63, 3.8) is 0 Å². The fraction of sp³-hybridized carbons (Fsp3) is 1.00. The maximum atomic E-state index is 2.36. The van der Waals surface area contributed by atoms with Crippen LogP contribution >= 0.6 is 7.26 Å². The smallest absolute Gasteiger partial charge is 0.0594 e. The Balaban J connectivity index is 4.78. The Bertz CT molecular complexity index is 416. The topological polar surface area (TPSA) is 0 Å². The highest BCUT2D eigenvalue weighted by Gasteiger charge is 2.35. The molecule has 0 fully saturated rings. The van der Waals surface area contributed by atoms with Gasteiger partial charge in [0.1, 0.15) is 0 Å². The fourth-order valence-electron chi connectivity index (χ4n) is 7.17. The van der Waals surface area contributed by atoms with Crippen LogP contribution in [0, 0.1) is 0 Å². The molecule has 254 valence electrons. The van der Waals surface area contributed by atoms with E-state index in [2.05, 4.69) is 27.7 Å². The SMILES string of the molecule is CCCCCCCCCCC[P+](CCCCCCCC)(CCCCCCCCCCC)CCCCCCCCCCC. The lowest BCUT2D eigenvalue weighted by atomic mass is 10.1. The van der Waals surface area contributed by atoms with Gasteiger partial charge < -0.3 is 0 Å². The summed E-state index contributed by atoms with van der Waals surface area (Å²) in [6.45, 7) is 9.37. The molecule has 0 aromatic carbocycles. The molecule has 0 aliphatic carbocycles. The van der Waals surface area contributed by atoms with Gasteiger partial charge in [0.25, 0.3) is 0 Å². The third-order valence-electron chi connectivity index (χ3n) is 10.2. The van der Waals surface area contributed by atoms with E-state index < -0.39 is 7.26 Å². The molecule has 0 aromatic rings. The zero-order valence-electron chi connectivity index (χ0n) is 30.6. The van der Waals surface area contributed by atoms with E-state index in [1.807, 2.05) is 0 Å². The van der Waals surface area contributed by atoms with Crippen LogP contribution in [0.5, 0.6) is 0 Å². The van der Waals surface area contributed by atoms with Crippen LogP contribution in [0.4, 0.5) is 0 Å². The van der Waals surface area contributed by atoms with Gasteiger partial charge in [-0.15, -0.1) is 0 Å². The third kappa shape index (κ3) is 30.5. The van der Waals surface area contributed by atoms with E-state index in [1.165, 1.54) is 186 Å². The summed E-state index contributed by atoms with van der Waals surface area (Å²) in [5.41, 5.74) is 0. The molecule has 0 aliphatic rings. The Morgan fingerprint density at radius 3 is 0.500 bits per heavy atom. The highest BCUT2D eigenvalue weighted by molar-refractivity contribution is 7.75. The number of rotatable bonds is 37. The molecule has 0 rings (SSSR count).